The van der Waals surface area contributed by atoms with E-state index >= 15 is 0 Å². The molecule has 59 heavy (non-hydrogen) atoms. The third kappa shape index (κ3) is 6.38. The first-order chi connectivity index (χ1) is 29.2. The molecule has 0 amide bonds. The average Bonchev–Trinajstić information content (AvgIpc) is 3.33. The Labute approximate surface area is 347 Å². The number of benzene rings is 8. The second kappa shape index (κ2) is 14.8. The van der Waals surface area contributed by atoms with Gasteiger partial charge in [-0.3, -0.25) is 0 Å². The Kier molecular flexibility index (Phi) is 8.72. The van der Waals surface area contributed by atoms with Crippen LogP contribution in [0.5, 0.6) is 0 Å². The van der Waals surface area contributed by atoms with Crippen LogP contribution in [0.25, 0.3) is 101 Å². The first kappa shape index (κ1) is 34.8. The van der Waals surface area contributed by atoms with Gasteiger partial charge in [0.25, 0.3) is 0 Å². The number of fused-ring (bicyclic) bond motifs is 11. The minimum absolute atomic E-state index is 0.568. The van der Waals surface area contributed by atoms with Gasteiger partial charge in [-0.05, 0) is 73.5 Å². The maximum Gasteiger partial charge on any atom is 0.163 e. The van der Waals surface area contributed by atoms with Gasteiger partial charge in [0, 0.05) is 38.9 Å². The molecule has 1 aliphatic rings. The Bertz CT molecular complexity index is 3180. The molecule has 276 valence electrons. The summed E-state index contributed by atoms with van der Waals surface area (Å²) in [6.07, 6.45) is 3.65. The Morgan fingerprint density at radius 1 is 0.322 bits per heavy atom. The lowest BCUT2D eigenvalue weighted by Gasteiger charge is -2.19. The van der Waals surface area contributed by atoms with Crippen molar-refractivity contribution in [2.75, 3.05) is 0 Å². The van der Waals surface area contributed by atoms with Crippen LogP contribution in [0.2, 0.25) is 0 Å². The van der Waals surface area contributed by atoms with E-state index in [4.69, 9.17) is 19.9 Å². The molecule has 0 aliphatic carbocycles. The van der Waals surface area contributed by atoms with Gasteiger partial charge in [0.05, 0.1) is 17.0 Å². The highest BCUT2D eigenvalue weighted by atomic mass is 32.2. The maximum atomic E-state index is 5.25. The molecule has 0 atom stereocenters. The van der Waals surface area contributed by atoms with Crippen molar-refractivity contribution in [3.63, 3.8) is 0 Å². The summed E-state index contributed by atoms with van der Waals surface area (Å²) in [5.41, 5.74) is 14.8. The van der Waals surface area contributed by atoms with Gasteiger partial charge < -0.3 is 0 Å². The Hall–Kier alpha value is -7.47. The summed E-state index contributed by atoms with van der Waals surface area (Å²) in [4.78, 5) is 22.3. The zero-order valence-electron chi connectivity index (χ0n) is 31.8. The molecule has 0 spiro atoms. The van der Waals surface area contributed by atoms with E-state index in [1.807, 2.05) is 72.7 Å². The van der Waals surface area contributed by atoms with Crippen LogP contribution in [0.4, 0.5) is 0 Å². The Balaban J connectivity index is 1.17. The number of rotatable bonds is 4. The smallest absolute Gasteiger partial charge is 0.163 e. The number of aromatic nitrogens is 4. The van der Waals surface area contributed by atoms with Gasteiger partial charge in [-0.2, -0.15) is 0 Å². The predicted octanol–water partition coefficient (Wildman–Crippen LogP) is 14.2. The van der Waals surface area contributed by atoms with E-state index in [-0.39, 0.29) is 0 Å². The van der Waals surface area contributed by atoms with E-state index in [2.05, 4.69) is 146 Å². The van der Waals surface area contributed by atoms with Crippen LogP contribution in [0.3, 0.4) is 0 Å². The molecule has 0 saturated heterocycles. The number of hydrogen-bond donors (Lipinski definition) is 0. The second-order valence-corrected chi connectivity index (χ2v) is 15.7. The van der Waals surface area contributed by atoms with Crippen molar-refractivity contribution in [1.82, 2.24) is 19.9 Å². The van der Waals surface area contributed by atoms with Crippen molar-refractivity contribution in [2.24, 2.45) is 0 Å². The minimum atomic E-state index is 0.568. The summed E-state index contributed by atoms with van der Waals surface area (Å²) < 4.78 is 0. The first-order valence-corrected chi connectivity index (χ1v) is 20.5. The molecule has 3 heterocycles. The van der Waals surface area contributed by atoms with Crippen LogP contribution in [-0.2, 0) is 0 Å². The summed E-state index contributed by atoms with van der Waals surface area (Å²) >= 11 is 1.84. The fraction of sp³-hybridized carbons (Fsp3) is 0. The summed E-state index contributed by atoms with van der Waals surface area (Å²) in [5.74, 6) is 1.23. The molecule has 0 radical (unpaired) electrons. The lowest BCUT2D eigenvalue weighted by atomic mass is 9.85. The van der Waals surface area contributed by atoms with Crippen molar-refractivity contribution >= 4 is 22.5 Å². The van der Waals surface area contributed by atoms with Crippen LogP contribution in [-0.4, -0.2) is 19.9 Å². The van der Waals surface area contributed by atoms with E-state index < -0.39 is 0 Å². The zero-order chi connectivity index (χ0) is 39.1. The third-order valence-electron chi connectivity index (χ3n) is 11.0. The van der Waals surface area contributed by atoms with Crippen LogP contribution < -0.4 is 0 Å². The largest absolute Gasteiger partial charge is 0.236 e. The van der Waals surface area contributed by atoms with Crippen LogP contribution in [0.1, 0.15) is 0 Å². The molecule has 11 rings (SSSR count). The van der Waals surface area contributed by atoms with Gasteiger partial charge in [-0.15, -0.1) is 0 Å². The van der Waals surface area contributed by atoms with Gasteiger partial charge in [0.1, 0.15) is 0 Å². The standard InChI is InChI=1S/C54H34N4S/c1-3-16-36(17-4-1)49-32-50(58-54(57-49)39-33-55-53(56-34-39)37-18-5-2-6-19-37)38-28-29-45-43-23-10-9-21-41(43)42-22-11-12-24-44(42)46-25-13-14-26-51(46)59-52-40-20-8-7-15-35(40)27-30-47(52)48(45)31-38/h1-34H. The van der Waals surface area contributed by atoms with Crippen molar-refractivity contribution in [2.45, 2.75) is 9.79 Å². The molecule has 0 saturated carbocycles. The van der Waals surface area contributed by atoms with E-state index in [0.29, 0.717) is 11.6 Å². The van der Waals surface area contributed by atoms with E-state index in [1.165, 1.54) is 53.9 Å². The minimum Gasteiger partial charge on any atom is -0.236 e. The molecule has 0 N–H and O–H groups in total. The highest BCUT2D eigenvalue weighted by Crippen LogP contribution is 2.50. The Morgan fingerprint density at radius 2 is 0.847 bits per heavy atom. The van der Waals surface area contributed by atoms with Gasteiger partial charge >= 0.3 is 0 Å². The Morgan fingerprint density at radius 3 is 1.54 bits per heavy atom. The number of hydrogen-bond acceptors (Lipinski definition) is 5. The van der Waals surface area contributed by atoms with E-state index in [0.717, 1.165) is 44.8 Å². The normalized spacial score (nSPS) is 11.7. The molecule has 1 aliphatic heterocycles. The summed E-state index contributed by atoms with van der Waals surface area (Å²) in [6.45, 7) is 0. The maximum absolute atomic E-state index is 5.25. The van der Waals surface area contributed by atoms with E-state index in [1.54, 1.807) is 0 Å². The van der Waals surface area contributed by atoms with Gasteiger partial charge in [0.15, 0.2) is 11.6 Å². The topological polar surface area (TPSA) is 51.6 Å². The molecule has 10 aromatic rings. The molecule has 2 aromatic heterocycles. The molecule has 8 aromatic carbocycles. The molecular weight excluding hydrogens is 737 g/mol. The molecule has 0 unspecified atom stereocenters. The molecular formula is C54H34N4S. The number of nitrogens with zero attached hydrogens (tertiary/aromatic N) is 4. The zero-order valence-corrected chi connectivity index (χ0v) is 32.6. The monoisotopic (exact) mass is 770 g/mol. The summed E-state index contributed by atoms with van der Waals surface area (Å²) in [7, 11) is 0. The highest BCUT2D eigenvalue weighted by molar-refractivity contribution is 7.99. The second-order valence-electron chi connectivity index (χ2n) is 14.6. The predicted molar refractivity (Wildman–Crippen MR) is 243 cm³/mol. The van der Waals surface area contributed by atoms with Gasteiger partial charge in [-0.1, -0.05) is 188 Å². The lowest BCUT2D eigenvalue weighted by molar-refractivity contribution is 1.13. The van der Waals surface area contributed by atoms with Crippen LogP contribution in [0, 0.1) is 0 Å². The van der Waals surface area contributed by atoms with Gasteiger partial charge in [0.2, 0.25) is 0 Å². The van der Waals surface area contributed by atoms with Crippen molar-refractivity contribution in [1.29, 1.82) is 0 Å². The fourth-order valence-electron chi connectivity index (χ4n) is 8.18. The van der Waals surface area contributed by atoms with Gasteiger partial charge in [-0.25, -0.2) is 19.9 Å². The quantitative estimate of drug-likeness (QED) is 0.178. The molecule has 5 heteroatoms. The van der Waals surface area contributed by atoms with E-state index in [9.17, 15) is 0 Å². The van der Waals surface area contributed by atoms with Crippen molar-refractivity contribution in [3.05, 3.63) is 207 Å². The average molecular weight is 771 g/mol. The first-order valence-electron chi connectivity index (χ1n) is 19.7. The molecule has 0 bridgehead atoms. The van der Waals surface area contributed by atoms with Crippen molar-refractivity contribution < 1.29 is 0 Å². The summed E-state index contributed by atoms with van der Waals surface area (Å²) in [6, 6.07) is 68.9. The SMILES string of the molecule is c1ccc(-c2cc(-c3ccc4c(c3)-c3ccc5ccccc5c3Sc3ccccc3-c3ccccc3-c3ccccc3-4)nc(-c3cnc(-c4ccccc4)nc3)n2)cc1. The van der Waals surface area contributed by atoms with Crippen LogP contribution in [0.15, 0.2) is 216 Å². The summed E-state index contributed by atoms with van der Waals surface area (Å²) in [5, 5.41) is 2.43. The molecule has 0 fully saturated rings. The van der Waals surface area contributed by atoms with Crippen molar-refractivity contribution in [3.8, 4) is 89.8 Å². The fourth-order valence-corrected chi connectivity index (χ4v) is 9.42. The van der Waals surface area contributed by atoms with Crippen LogP contribution >= 0.6 is 11.8 Å². The highest BCUT2D eigenvalue weighted by Gasteiger charge is 2.23. The molecule has 4 nitrogen and oxygen atoms in total. The third-order valence-corrected chi connectivity index (χ3v) is 12.3. The lowest BCUT2D eigenvalue weighted by Crippen LogP contribution is -1.98.